The zero-order valence-corrected chi connectivity index (χ0v) is 10.0. The molecule has 1 atom stereocenters. The minimum atomic E-state index is 0.118. The summed E-state index contributed by atoms with van der Waals surface area (Å²) in [6.45, 7) is 4.14. The number of imidazole rings is 1. The molecule has 1 unspecified atom stereocenters. The van der Waals surface area contributed by atoms with Crippen LogP contribution in [0.1, 0.15) is 17.3 Å². The van der Waals surface area contributed by atoms with Gasteiger partial charge in [0.15, 0.2) is 0 Å². The first kappa shape index (κ1) is 10.8. The lowest BCUT2D eigenvalue weighted by molar-refractivity contribution is 0.929. The SMILES string of the molecule is C=C1C=CC=C(c2ccccc2)C1c1ncc[nH]1. The molecule has 0 amide bonds. The molecule has 1 N–H and O–H groups in total. The van der Waals surface area contributed by atoms with Crippen LogP contribution in [0.25, 0.3) is 5.57 Å². The van der Waals surface area contributed by atoms with Gasteiger partial charge in [-0.1, -0.05) is 55.1 Å². The van der Waals surface area contributed by atoms with Crippen molar-refractivity contribution in [2.45, 2.75) is 5.92 Å². The molecule has 1 aromatic heterocycles. The lowest BCUT2D eigenvalue weighted by Gasteiger charge is -2.22. The number of hydrogen-bond donors (Lipinski definition) is 1. The van der Waals surface area contributed by atoms with Crippen LogP contribution >= 0.6 is 0 Å². The van der Waals surface area contributed by atoms with Gasteiger partial charge in [0.1, 0.15) is 5.82 Å². The van der Waals surface area contributed by atoms with E-state index in [-0.39, 0.29) is 5.92 Å². The Morgan fingerprint density at radius 2 is 2.00 bits per heavy atom. The maximum atomic E-state index is 4.37. The van der Waals surface area contributed by atoms with Crippen LogP contribution in [0, 0.1) is 0 Å². The number of aromatic amines is 1. The van der Waals surface area contributed by atoms with Crippen LogP contribution in [0.4, 0.5) is 0 Å². The first-order valence-electron chi connectivity index (χ1n) is 5.98. The molecular formula is C16H14N2. The highest BCUT2D eigenvalue weighted by Gasteiger charge is 2.23. The fraction of sp³-hybridized carbons (Fsp3) is 0.0625. The third-order valence-corrected chi connectivity index (χ3v) is 3.17. The predicted molar refractivity (Wildman–Crippen MR) is 74.0 cm³/mol. The van der Waals surface area contributed by atoms with Crippen molar-refractivity contribution < 1.29 is 0 Å². The Kier molecular flexibility index (Phi) is 2.69. The Bertz CT molecular complexity index is 604. The first-order chi connectivity index (χ1) is 8.86. The van der Waals surface area contributed by atoms with Crippen molar-refractivity contribution in [1.29, 1.82) is 0 Å². The molecule has 2 heteroatoms. The largest absolute Gasteiger partial charge is 0.348 e. The summed E-state index contributed by atoms with van der Waals surface area (Å²) in [5, 5.41) is 0. The Morgan fingerprint density at radius 3 is 2.72 bits per heavy atom. The molecule has 0 saturated heterocycles. The molecule has 18 heavy (non-hydrogen) atoms. The molecule has 1 aliphatic rings. The number of hydrogen-bond acceptors (Lipinski definition) is 1. The predicted octanol–water partition coefficient (Wildman–Crippen LogP) is 3.70. The van der Waals surface area contributed by atoms with Crippen molar-refractivity contribution in [3.63, 3.8) is 0 Å². The van der Waals surface area contributed by atoms with Gasteiger partial charge in [-0.15, -0.1) is 0 Å². The molecule has 0 spiro atoms. The van der Waals surface area contributed by atoms with Crippen LogP contribution < -0.4 is 0 Å². The molecule has 0 aliphatic heterocycles. The number of aromatic nitrogens is 2. The van der Waals surface area contributed by atoms with Crippen molar-refractivity contribution in [2.75, 3.05) is 0 Å². The Balaban J connectivity index is 2.08. The van der Waals surface area contributed by atoms with E-state index in [1.165, 1.54) is 11.1 Å². The summed E-state index contributed by atoms with van der Waals surface area (Å²) in [5.41, 5.74) is 3.51. The van der Waals surface area contributed by atoms with Gasteiger partial charge < -0.3 is 4.98 Å². The highest BCUT2D eigenvalue weighted by atomic mass is 14.9. The van der Waals surface area contributed by atoms with Crippen molar-refractivity contribution in [2.24, 2.45) is 0 Å². The Hall–Kier alpha value is -2.35. The Labute approximate surface area is 106 Å². The summed E-state index contributed by atoms with van der Waals surface area (Å²) >= 11 is 0. The van der Waals surface area contributed by atoms with Gasteiger partial charge in [0.25, 0.3) is 0 Å². The Morgan fingerprint density at radius 1 is 1.17 bits per heavy atom. The van der Waals surface area contributed by atoms with E-state index in [1.54, 1.807) is 6.20 Å². The number of nitrogens with one attached hydrogen (secondary N) is 1. The van der Waals surface area contributed by atoms with Crippen LogP contribution in [-0.2, 0) is 0 Å². The number of H-pyrrole nitrogens is 1. The summed E-state index contributed by atoms with van der Waals surface area (Å²) in [4.78, 5) is 7.57. The lowest BCUT2D eigenvalue weighted by Crippen LogP contribution is -2.08. The average Bonchev–Trinajstić information content (AvgIpc) is 2.93. The highest BCUT2D eigenvalue weighted by Crippen LogP contribution is 2.38. The molecule has 0 saturated carbocycles. The molecule has 0 fully saturated rings. The smallest absolute Gasteiger partial charge is 0.118 e. The van der Waals surface area contributed by atoms with Gasteiger partial charge in [0.05, 0.1) is 5.92 Å². The second-order valence-corrected chi connectivity index (χ2v) is 4.33. The number of rotatable bonds is 2. The quantitative estimate of drug-likeness (QED) is 0.843. The summed E-state index contributed by atoms with van der Waals surface area (Å²) in [7, 11) is 0. The molecule has 88 valence electrons. The molecule has 0 radical (unpaired) electrons. The summed E-state index contributed by atoms with van der Waals surface area (Å²) in [6, 6.07) is 10.4. The van der Waals surface area contributed by atoms with Crippen molar-refractivity contribution >= 4 is 5.57 Å². The minimum absolute atomic E-state index is 0.118. The monoisotopic (exact) mass is 234 g/mol. The van der Waals surface area contributed by atoms with E-state index in [4.69, 9.17) is 0 Å². The molecule has 1 heterocycles. The van der Waals surface area contributed by atoms with E-state index in [0.29, 0.717) is 0 Å². The van der Waals surface area contributed by atoms with Gasteiger partial charge in [-0.2, -0.15) is 0 Å². The van der Waals surface area contributed by atoms with E-state index >= 15 is 0 Å². The maximum Gasteiger partial charge on any atom is 0.118 e. The molecule has 2 aromatic rings. The minimum Gasteiger partial charge on any atom is -0.348 e. The van der Waals surface area contributed by atoms with Gasteiger partial charge in [0, 0.05) is 12.4 Å². The first-order valence-corrected chi connectivity index (χ1v) is 5.98. The van der Waals surface area contributed by atoms with Crippen LogP contribution in [0.15, 0.2) is 73.1 Å². The molecular weight excluding hydrogens is 220 g/mol. The van der Waals surface area contributed by atoms with E-state index in [0.717, 1.165) is 11.4 Å². The molecule has 1 aromatic carbocycles. The van der Waals surface area contributed by atoms with E-state index in [9.17, 15) is 0 Å². The molecule has 2 nitrogen and oxygen atoms in total. The van der Waals surface area contributed by atoms with Crippen molar-refractivity contribution in [3.8, 4) is 0 Å². The van der Waals surface area contributed by atoms with Gasteiger partial charge in [-0.05, 0) is 16.7 Å². The summed E-state index contributed by atoms with van der Waals surface area (Å²) in [5.74, 6) is 1.06. The number of benzene rings is 1. The highest BCUT2D eigenvalue weighted by molar-refractivity contribution is 5.77. The van der Waals surface area contributed by atoms with Crippen molar-refractivity contribution in [3.05, 3.63) is 84.5 Å². The number of allylic oxidation sites excluding steroid dienone is 5. The third kappa shape index (κ3) is 1.82. The van der Waals surface area contributed by atoms with Crippen molar-refractivity contribution in [1.82, 2.24) is 9.97 Å². The maximum absolute atomic E-state index is 4.37. The summed E-state index contributed by atoms with van der Waals surface area (Å²) < 4.78 is 0. The lowest BCUT2D eigenvalue weighted by atomic mass is 9.83. The zero-order valence-electron chi connectivity index (χ0n) is 10.0. The van der Waals surface area contributed by atoms with E-state index in [1.807, 2.05) is 24.4 Å². The van der Waals surface area contributed by atoms with Crippen LogP contribution in [-0.4, -0.2) is 9.97 Å². The summed E-state index contributed by atoms with van der Waals surface area (Å²) in [6.07, 6.45) is 9.86. The normalized spacial score (nSPS) is 18.8. The fourth-order valence-electron chi connectivity index (χ4n) is 2.32. The standard InChI is InChI=1S/C16H14N2/c1-12-6-5-9-14(13-7-3-2-4-8-13)15(12)16-17-10-11-18-16/h2-11,15H,1H2,(H,17,18). The zero-order chi connectivity index (χ0) is 12.4. The topological polar surface area (TPSA) is 28.7 Å². The molecule has 3 rings (SSSR count). The van der Waals surface area contributed by atoms with Gasteiger partial charge in [-0.25, -0.2) is 4.98 Å². The van der Waals surface area contributed by atoms with Gasteiger partial charge in [-0.3, -0.25) is 0 Å². The van der Waals surface area contributed by atoms with Crippen LogP contribution in [0.2, 0.25) is 0 Å². The van der Waals surface area contributed by atoms with E-state index < -0.39 is 0 Å². The molecule has 0 bridgehead atoms. The fourth-order valence-corrected chi connectivity index (χ4v) is 2.32. The second-order valence-electron chi connectivity index (χ2n) is 4.33. The van der Waals surface area contributed by atoms with Gasteiger partial charge in [0.2, 0.25) is 0 Å². The van der Waals surface area contributed by atoms with E-state index in [2.05, 4.69) is 46.9 Å². The second kappa shape index (κ2) is 4.49. The number of nitrogens with zero attached hydrogens (tertiary/aromatic N) is 1. The molecule has 1 aliphatic carbocycles. The van der Waals surface area contributed by atoms with Crippen LogP contribution in [0.5, 0.6) is 0 Å². The third-order valence-electron chi connectivity index (χ3n) is 3.17. The average molecular weight is 234 g/mol. The van der Waals surface area contributed by atoms with Crippen LogP contribution in [0.3, 0.4) is 0 Å². The van der Waals surface area contributed by atoms with Gasteiger partial charge >= 0.3 is 0 Å².